The Morgan fingerprint density at radius 3 is 2.74 bits per heavy atom. The van der Waals surface area contributed by atoms with E-state index in [2.05, 4.69) is 10.3 Å². The molecular weight excluding hydrogens is 317 g/mol. The quantitative estimate of drug-likeness (QED) is 0.899. The molecule has 1 aliphatic heterocycles. The molecule has 0 spiro atoms. The van der Waals surface area contributed by atoms with Crippen molar-refractivity contribution in [3.05, 3.63) is 46.7 Å². The normalized spacial score (nSPS) is 17.0. The van der Waals surface area contributed by atoms with Gasteiger partial charge in [0.2, 0.25) is 5.91 Å². The molecule has 1 aliphatic rings. The zero-order chi connectivity index (χ0) is 16.3. The van der Waals surface area contributed by atoms with E-state index in [0.29, 0.717) is 37.6 Å². The number of nitrogens with two attached hydrogens (primary N) is 1. The summed E-state index contributed by atoms with van der Waals surface area (Å²) in [5.41, 5.74) is 6.25. The summed E-state index contributed by atoms with van der Waals surface area (Å²) in [5.74, 6) is -0.473. The number of benzene rings is 1. The van der Waals surface area contributed by atoms with E-state index in [9.17, 15) is 9.18 Å². The van der Waals surface area contributed by atoms with Crippen LogP contribution in [0.5, 0.6) is 0 Å². The molecule has 1 aromatic heterocycles. The van der Waals surface area contributed by atoms with Crippen LogP contribution in [-0.2, 0) is 16.0 Å². The molecule has 0 aliphatic carbocycles. The molecule has 122 valence electrons. The molecule has 0 saturated carbocycles. The largest absolute Gasteiger partial charge is 0.381 e. The van der Waals surface area contributed by atoms with Crippen molar-refractivity contribution in [3.8, 4) is 0 Å². The molecule has 1 fully saturated rings. The van der Waals surface area contributed by atoms with Gasteiger partial charge in [-0.05, 0) is 30.5 Å². The number of thiazole rings is 1. The van der Waals surface area contributed by atoms with Crippen LogP contribution in [0.4, 0.5) is 9.52 Å². The second kappa shape index (κ2) is 6.74. The number of carbonyl (C=O) groups excluding carboxylic acids is 1. The molecular formula is C16H18FN3O2S. The van der Waals surface area contributed by atoms with E-state index in [1.165, 1.54) is 23.5 Å². The summed E-state index contributed by atoms with van der Waals surface area (Å²) < 4.78 is 18.2. The summed E-state index contributed by atoms with van der Waals surface area (Å²) in [5, 5.41) is 3.33. The van der Waals surface area contributed by atoms with E-state index in [0.717, 1.165) is 10.4 Å². The van der Waals surface area contributed by atoms with E-state index in [1.54, 1.807) is 18.3 Å². The maximum Gasteiger partial charge on any atom is 0.246 e. The SMILES string of the molecule is NC1(C(=O)Nc2ncc(Cc3ccc(F)cc3)s2)CCOCC1. The number of hydrogen-bond acceptors (Lipinski definition) is 5. The van der Waals surface area contributed by atoms with Crippen LogP contribution in [0.25, 0.3) is 0 Å². The minimum Gasteiger partial charge on any atom is -0.381 e. The van der Waals surface area contributed by atoms with Crippen molar-refractivity contribution in [2.75, 3.05) is 18.5 Å². The number of nitrogens with zero attached hydrogens (tertiary/aromatic N) is 1. The fourth-order valence-electron chi connectivity index (χ4n) is 2.43. The smallest absolute Gasteiger partial charge is 0.246 e. The topological polar surface area (TPSA) is 77.2 Å². The maximum atomic E-state index is 12.9. The number of nitrogens with one attached hydrogen (secondary N) is 1. The number of halogens is 1. The zero-order valence-electron chi connectivity index (χ0n) is 12.5. The van der Waals surface area contributed by atoms with Gasteiger partial charge in [-0.3, -0.25) is 4.79 Å². The third kappa shape index (κ3) is 3.93. The van der Waals surface area contributed by atoms with Crippen molar-refractivity contribution >= 4 is 22.4 Å². The summed E-state index contributed by atoms with van der Waals surface area (Å²) in [6.07, 6.45) is 3.38. The Balaban J connectivity index is 1.62. The van der Waals surface area contributed by atoms with Gasteiger partial charge in [-0.1, -0.05) is 12.1 Å². The molecule has 0 radical (unpaired) electrons. The molecule has 7 heteroatoms. The zero-order valence-corrected chi connectivity index (χ0v) is 13.4. The fraction of sp³-hybridized carbons (Fsp3) is 0.375. The van der Waals surface area contributed by atoms with E-state index < -0.39 is 5.54 Å². The molecule has 0 atom stereocenters. The highest BCUT2D eigenvalue weighted by Crippen LogP contribution is 2.24. The molecule has 1 amide bonds. The lowest BCUT2D eigenvalue weighted by Crippen LogP contribution is -2.54. The van der Waals surface area contributed by atoms with Crippen molar-refractivity contribution in [2.24, 2.45) is 5.73 Å². The summed E-state index contributed by atoms with van der Waals surface area (Å²) in [4.78, 5) is 17.5. The summed E-state index contributed by atoms with van der Waals surface area (Å²) in [7, 11) is 0. The van der Waals surface area contributed by atoms with Crippen LogP contribution < -0.4 is 11.1 Å². The molecule has 3 rings (SSSR count). The average Bonchev–Trinajstić information content (AvgIpc) is 2.97. The number of aromatic nitrogens is 1. The Morgan fingerprint density at radius 2 is 2.04 bits per heavy atom. The first kappa shape index (κ1) is 16.0. The van der Waals surface area contributed by atoms with Crippen molar-refractivity contribution in [1.82, 2.24) is 4.98 Å². The molecule has 0 bridgehead atoms. The number of amides is 1. The van der Waals surface area contributed by atoms with E-state index in [4.69, 9.17) is 10.5 Å². The Kier molecular flexibility index (Phi) is 4.70. The highest BCUT2D eigenvalue weighted by atomic mass is 32.1. The summed E-state index contributed by atoms with van der Waals surface area (Å²) >= 11 is 1.40. The predicted octanol–water partition coefficient (Wildman–Crippen LogP) is 2.32. The van der Waals surface area contributed by atoms with Crippen molar-refractivity contribution in [1.29, 1.82) is 0 Å². The fourth-order valence-corrected chi connectivity index (χ4v) is 3.28. The van der Waals surface area contributed by atoms with Crippen LogP contribution in [0.1, 0.15) is 23.3 Å². The van der Waals surface area contributed by atoms with Gasteiger partial charge in [-0.25, -0.2) is 9.37 Å². The summed E-state index contributed by atoms with van der Waals surface area (Å²) in [6.45, 7) is 0.995. The average molecular weight is 335 g/mol. The highest BCUT2D eigenvalue weighted by molar-refractivity contribution is 7.15. The highest BCUT2D eigenvalue weighted by Gasteiger charge is 2.36. The van der Waals surface area contributed by atoms with Gasteiger partial charge in [0.1, 0.15) is 11.4 Å². The Bertz CT molecular complexity index is 681. The predicted molar refractivity (Wildman–Crippen MR) is 86.9 cm³/mol. The lowest BCUT2D eigenvalue weighted by molar-refractivity contribution is -0.124. The Hall–Kier alpha value is -1.83. The van der Waals surface area contributed by atoms with Crippen LogP contribution in [0.15, 0.2) is 30.5 Å². The molecule has 5 nitrogen and oxygen atoms in total. The Morgan fingerprint density at radius 1 is 1.35 bits per heavy atom. The van der Waals surface area contributed by atoms with Crippen LogP contribution in [0.2, 0.25) is 0 Å². The first-order chi connectivity index (χ1) is 11.0. The van der Waals surface area contributed by atoms with Crippen molar-refractivity contribution < 1.29 is 13.9 Å². The minimum atomic E-state index is -0.888. The number of ether oxygens (including phenoxy) is 1. The van der Waals surface area contributed by atoms with Crippen LogP contribution >= 0.6 is 11.3 Å². The van der Waals surface area contributed by atoms with Gasteiger partial charge in [-0.2, -0.15) is 0 Å². The standard InChI is InChI=1S/C16H18FN3O2S/c17-12-3-1-11(2-4-12)9-13-10-19-15(23-13)20-14(21)16(18)5-7-22-8-6-16/h1-4,10H,5-9,18H2,(H,19,20,21). The van der Waals surface area contributed by atoms with Gasteiger partial charge in [0.15, 0.2) is 5.13 Å². The van der Waals surface area contributed by atoms with Crippen LogP contribution in [-0.4, -0.2) is 29.6 Å². The van der Waals surface area contributed by atoms with Crippen molar-refractivity contribution in [2.45, 2.75) is 24.8 Å². The number of rotatable bonds is 4. The Labute approximate surface area is 137 Å². The third-order valence-corrected chi connectivity index (χ3v) is 4.82. The molecule has 23 heavy (non-hydrogen) atoms. The van der Waals surface area contributed by atoms with Crippen molar-refractivity contribution in [3.63, 3.8) is 0 Å². The van der Waals surface area contributed by atoms with Crippen LogP contribution in [0.3, 0.4) is 0 Å². The van der Waals surface area contributed by atoms with E-state index in [1.807, 2.05) is 0 Å². The third-order valence-electron chi connectivity index (χ3n) is 3.90. The molecule has 2 aromatic rings. The molecule has 1 aromatic carbocycles. The van der Waals surface area contributed by atoms with Gasteiger partial charge >= 0.3 is 0 Å². The number of anilines is 1. The molecule has 3 N–H and O–H groups in total. The molecule has 0 unspecified atom stereocenters. The second-order valence-electron chi connectivity index (χ2n) is 5.66. The molecule has 1 saturated heterocycles. The van der Waals surface area contributed by atoms with Crippen LogP contribution in [0, 0.1) is 5.82 Å². The van der Waals surface area contributed by atoms with E-state index >= 15 is 0 Å². The monoisotopic (exact) mass is 335 g/mol. The molecule has 2 heterocycles. The second-order valence-corrected chi connectivity index (χ2v) is 6.77. The van der Waals surface area contributed by atoms with Gasteiger partial charge in [0.25, 0.3) is 0 Å². The lowest BCUT2D eigenvalue weighted by atomic mass is 9.90. The van der Waals surface area contributed by atoms with Gasteiger partial charge < -0.3 is 15.8 Å². The number of hydrogen-bond donors (Lipinski definition) is 2. The first-order valence-corrected chi connectivity index (χ1v) is 8.24. The summed E-state index contributed by atoms with van der Waals surface area (Å²) in [6, 6.07) is 6.35. The van der Waals surface area contributed by atoms with E-state index in [-0.39, 0.29) is 11.7 Å². The number of carbonyl (C=O) groups is 1. The van der Waals surface area contributed by atoms with Gasteiger partial charge in [-0.15, -0.1) is 11.3 Å². The lowest BCUT2D eigenvalue weighted by Gasteiger charge is -2.31. The van der Waals surface area contributed by atoms with Gasteiger partial charge in [0, 0.05) is 30.7 Å². The first-order valence-electron chi connectivity index (χ1n) is 7.42. The minimum absolute atomic E-state index is 0.219. The van der Waals surface area contributed by atoms with Gasteiger partial charge in [0.05, 0.1) is 0 Å². The maximum absolute atomic E-state index is 12.9.